The van der Waals surface area contributed by atoms with Crippen LogP contribution in [0.1, 0.15) is 19.8 Å². The summed E-state index contributed by atoms with van der Waals surface area (Å²) in [5, 5.41) is 0.391. The van der Waals surface area contributed by atoms with E-state index in [1.165, 1.54) is 6.26 Å². The summed E-state index contributed by atoms with van der Waals surface area (Å²) in [6.07, 6.45) is 6.39. The fourth-order valence-corrected chi connectivity index (χ4v) is 3.91. The molecule has 0 bridgehead atoms. The van der Waals surface area contributed by atoms with Gasteiger partial charge in [0.05, 0.1) is 23.4 Å². The molecule has 1 aromatic carbocycles. The third-order valence-corrected chi connectivity index (χ3v) is 6.00. The van der Waals surface area contributed by atoms with E-state index in [1.807, 2.05) is 6.92 Å². The predicted octanol–water partition coefficient (Wildman–Crippen LogP) is 3.22. The third kappa shape index (κ3) is 4.65. The Morgan fingerprint density at radius 1 is 1.23 bits per heavy atom. The van der Waals surface area contributed by atoms with Crippen LogP contribution in [0.4, 0.5) is 5.82 Å². The van der Waals surface area contributed by atoms with Gasteiger partial charge in [0.25, 0.3) is 0 Å². The van der Waals surface area contributed by atoms with Gasteiger partial charge in [-0.3, -0.25) is 0 Å². The van der Waals surface area contributed by atoms with Crippen LogP contribution in [0, 0.1) is 5.92 Å². The second kappa shape index (κ2) is 7.80. The average Bonchev–Trinajstić information content (AvgIpc) is 2.62. The molecular weight excluding hydrogens is 374 g/mol. The molecule has 26 heavy (non-hydrogen) atoms. The molecule has 140 valence electrons. The number of hydrogen-bond acceptors (Lipinski definition) is 6. The number of ether oxygens (including phenoxy) is 1. The van der Waals surface area contributed by atoms with E-state index in [4.69, 9.17) is 16.3 Å². The summed E-state index contributed by atoms with van der Waals surface area (Å²) in [7, 11) is -3.24. The van der Waals surface area contributed by atoms with Crippen LogP contribution >= 0.6 is 11.6 Å². The molecule has 0 radical (unpaired) electrons. The first-order valence-electron chi connectivity index (χ1n) is 8.52. The summed E-state index contributed by atoms with van der Waals surface area (Å²) in [5.74, 6) is 1.82. The molecule has 1 aromatic heterocycles. The first-order valence-corrected chi connectivity index (χ1v) is 10.8. The fraction of sp³-hybridized carbons (Fsp3) is 0.444. The number of aromatic nitrogens is 2. The first kappa shape index (κ1) is 18.9. The molecule has 6 nitrogen and oxygen atoms in total. The monoisotopic (exact) mass is 395 g/mol. The Bertz CT molecular complexity index is 850. The molecule has 0 saturated carbocycles. The van der Waals surface area contributed by atoms with Gasteiger partial charge in [-0.25, -0.2) is 18.4 Å². The van der Waals surface area contributed by atoms with Gasteiger partial charge < -0.3 is 9.64 Å². The number of rotatable bonds is 5. The van der Waals surface area contributed by atoms with Crippen LogP contribution in [-0.2, 0) is 9.84 Å². The number of hydrogen-bond donors (Lipinski definition) is 0. The Hall–Kier alpha value is -1.86. The summed E-state index contributed by atoms with van der Waals surface area (Å²) < 4.78 is 29.4. The summed E-state index contributed by atoms with van der Waals surface area (Å²) in [5.41, 5.74) is 0. The van der Waals surface area contributed by atoms with Gasteiger partial charge in [-0.1, -0.05) is 17.7 Å². The Balaban J connectivity index is 1.58. The second-order valence-electron chi connectivity index (χ2n) is 6.59. The van der Waals surface area contributed by atoms with Crippen molar-refractivity contribution in [2.75, 3.05) is 24.2 Å². The van der Waals surface area contributed by atoms with E-state index in [1.54, 1.807) is 36.7 Å². The smallest absolute Gasteiger partial charge is 0.175 e. The molecular formula is C18H22ClN3O3S. The second-order valence-corrected chi connectivity index (χ2v) is 8.99. The minimum atomic E-state index is -3.24. The quantitative estimate of drug-likeness (QED) is 0.774. The van der Waals surface area contributed by atoms with Gasteiger partial charge in [0.1, 0.15) is 16.7 Å². The first-order chi connectivity index (χ1) is 12.3. The zero-order valence-electron chi connectivity index (χ0n) is 14.8. The molecule has 0 aliphatic carbocycles. The topological polar surface area (TPSA) is 72.4 Å². The van der Waals surface area contributed by atoms with Crippen LogP contribution < -0.4 is 9.64 Å². The van der Waals surface area contributed by atoms with Crippen molar-refractivity contribution in [1.82, 2.24) is 9.97 Å². The zero-order valence-corrected chi connectivity index (χ0v) is 16.4. The minimum absolute atomic E-state index is 0.00302. The number of benzene rings is 1. The average molecular weight is 396 g/mol. The van der Waals surface area contributed by atoms with Crippen LogP contribution in [0.5, 0.6) is 5.75 Å². The predicted molar refractivity (Wildman–Crippen MR) is 102 cm³/mol. The number of sulfone groups is 1. The van der Waals surface area contributed by atoms with Crippen molar-refractivity contribution in [3.05, 3.63) is 41.8 Å². The van der Waals surface area contributed by atoms with Crippen LogP contribution in [0.25, 0.3) is 0 Å². The van der Waals surface area contributed by atoms with E-state index in [0.717, 1.165) is 31.7 Å². The molecule has 8 heteroatoms. The van der Waals surface area contributed by atoms with Gasteiger partial charge in [-0.2, -0.15) is 0 Å². The van der Waals surface area contributed by atoms with Crippen LogP contribution in [0.3, 0.4) is 0 Å². The van der Waals surface area contributed by atoms with Gasteiger partial charge in [-0.05, 0) is 43.9 Å². The van der Waals surface area contributed by atoms with E-state index in [9.17, 15) is 8.42 Å². The standard InChI is InChI=1S/C18H22ClN3O3S/c1-13(25-15-4-3-5-16(10-15)26(2,23)24)14-6-8-22(9-7-14)18-12-20-17(19)11-21-18/h3-5,10-14H,6-9H2,1-2H3. The summed E-state index contributed by atoms with van der Waals surface area (Å²) in [4.78, 5) is 10.9. The van der Waals surface area contributed by atoms with Crippen molar-refractivity contribution in [2.24, 2.45) is 5.92 Å². The number of anilines is 1. The molecule has 0 N–H and O–H groups in total. The lowest BCUT2D eigenvalue weighted by Crippen LogP contribution is -2.39. The molecule has 1 unspecified atom stereocenters. The highest BCUT2D eigenvalue weighted by molar-refractivity contribution is 7.90. The maximum absolute atomic E-state index is 11.7. The van der Waals surface area contributed by atoms with E-state index in [2.05, 4.69) is 14.9 Å². The highest BCUT2D eigenvalue weighted by Crippen LogP contribution is 2.27. The molecule has 3 rings (SSSR count). The maximum Gasteiger partial charge on any atom is 0.175 e. The number of nitrogens with zero attached hydrogens (tertiary/aromatic N) is 3. The highest BCUT2D eigenvalue weighted by atomic mass is 35.5. The Kier molecular flexibility index (Phi) is 5.67. The molecule has 0 spiro atoms. The van der Waals surface area contributed by atoms with Crippen LogP contribution in [0.2, 0.25) is 5.15 Å². The SMILES string of the molecule is CC(Oc1cccc(S(C)(=O)=O)c1)C1CCN(c2cnc(Cl)cn2)CC1. The van der Waals surface area contributed by atoms with E-state index in [0.29, 0.717) is 16.8 Å². The van der Waals surface area contributed by atoms with E-state index < -0.39 is 9.84 Å². The summed E-state index contributed by atoms with van der Waals surface area (Å²) in [6.45, 7) is 3.78. The molecule has 1 fully saturated rings. The minimum Gasteiger partial charge on any atom is -0.490 e. The lowest BCUT2D eigenvalue weighted by molar-refractivity contribution is 0.132. The Morgan fingerprint density at radius 2 is 1.96 bits per heavy atom. The van der Waals surface area contributed by atoms with Crippen molar-refractivity contribution in [3.8, 4) is 5.75 Å². The molecule has 1 aliphatic rings. The lowest BCUT2D eigenvalue weighted by atomic mass is 9.92. The van der Waals surface area contributed by atoms with Crippen LogP contribution in [0.15, 0.2) is 41.6 Å². The van der Waals surface area contributed by atoms with Crippen molar-refractivity contribution < 1.29 is 13.2 Å². The molecule has 0 amide bonds. The molecule has 1 aliphatic heterocycles. The third-order valence-electron chi connectivity index (χ3n) is 4.69. The number of halogens is 1. The number of piperidine rings is 1. The van der Waals surface area contributed by atoms with Gasteiger partial charge in [-0.15, -0.1) is 0 Å². The maximum atomic E-state index is 11.7. The van der Waals surface area contributed by atoms with Crippen molar-refractivity contribution >= 4 is 27.3 Å². The highest BCUT2D eigenvalue weighted by Gasteiger charge is 2.26. The summed E-state index contributed by atoms with van der Waals surface area (Å²) >= 11 is 5.79. The molecule has 1 saturated heterocycles. The fourth-order valence-electron chi connectivity index (χ4n) is 3.16. The zero-order chi connectivity index (χ0) is 18.7. The normalized spacial score (nSPS) is 17.1. The largest absolute Gasteiger partial charge is 0.490 e. The molecule has 2 heterocycles. The van der Waals surface area contributed by atoms with Gasteiger partial charge in [0, 0.05) is 19.3 Å². The van der Waals surface area contributed by atoms with Crippen LogP contribution in [-0.4, -0.2) is 43.8 Å². The van der Waals surface area contributed by atoms with Crippen molar-refractivity contribution in [3.63, 3.8) is 0 Å². The van der Waals surface area contributed by atoms with Gasteiger partial charge in [0.2, 0.25) is 0 Å². The lowest BCUT2D eigenvalue weighted by Gasteiger charge is -2.35. The summed E-state index contributed by atoms with van der Waals surface area (Å²) in [6, 6.07) is 6.67. The molecule has 2 aromatic rings. The molecule has 1 atom stereocenters. The van der Waals surface area contributed by atoms with Gasteiger partial charge in [0.15, 0.2) is 9.84 Å². The van der Waals surface area contributed by atoms with E-state index in [-0.39, 0.29) is 11.0 Å². The Morgan fingerprint density at radius 3 is 2.58 bits per heavy atom. The van der Waals surface area contributed by atoms with Crippen molar-refractivity contribution in [1.29, 1.82) is 0 Å². The Labute approximate surface area is 159 Å². The van der Waals surface area contributed by atoms with Gasteiger partial charge >= 0.3 is 0 Å². The van der Waals surface area contributed by atoms with Crippen molar-refractivity contribution in [2.45, 2.75) is 30.8 Å². The van der Waals surface area contributed by atoms with E-state index >= 15 is 0 Å².